The first-order valence-corrected chi connectivity index (χ1v) is 6.54. The molecule has 2 aliphatic heterocycles. The number of anilines is 1. The number of nitrogens with zero attached hydrogens (tertiary/aromatic N) is 4. The molecule has 0 radical (unpaired) electrons. The van der Waals surface area contributed by atoms with E-state index in [4.69, 9.17) is 0 Å². The van der Waals surface area contributed by atoms with Gasteiger partial charge in [-0.2, -0.15) is 9.61 Å². The Kier molecular flexibility index (Phi) is 2.15. The zero-order chi connectivity index (χ0) is 13.9. The standard InChI is InChI=1S/C13H13N5O2/c1-7-4-11(18-10(15-7)2-3-14-18)17-5-8-9(6-17)13(20)16-12(8)19/h2-4,8-9H,5-6H2,1H3,(H,16,19,20). The summed E-state index contributed by atoms with van der Waals surface area (Å²) < 4.78 is 1.75. The number of amides is 2. The molecule has 0 aromatic carbocycles. The third kappa shape index (κ3) is 1.46. The molecule has 7 heteroatoms. The molecule has 20 heavy (non-hydrogen) atoms. The van der Waals surface area contributed by atoms with Gasteiger partial charge in [-0.15, -0.1) is 0 Å². The van der Waals surface area contributed by atoms with Crippen molar-refractivity contribution in [3.63, 3.8) is 0 Å². The summed E-state index contributed by atoms with van der Waals surface area (Å²) in [6.45, 7) is 3.01. The Labute approximate surface area is 114 Å². The molecule has 2 amide bonds. The maximum absolute atomic E-state index is 11.7. The van der Waals surface area contributed by atoms with Crippen molar-refractivity contribution in [3.05, 3.63) is 24.0 Å². The van der Waals surface area contributed by atoms with Crippen LogP contribution in [-0.2, 0) is 9.59 Å². The van der Waals surface area contributed by atoms with Crippen molar-refractivity contribution >= 4 is 23.3 Å². The van der Waals surface area contributed by atoms with Crippen LogP contribution >= 0.6 is 0 Å². The second-order valence-electron chi connectivity index (χ2n) is 5.33. The Morgan fingerprint density at radius 2 is 1.95 bits per heavy atom. The normalized spacial score (nSPS) is 25.4. The van der Waals surface area contributed by atoms with Crippen LogP contribution < -0.4 is 10.2 Å². The molecule has 0 saturated carbocycles. The first-order chi connectivity index (χ1) is 9.63. The van der Waals surface area contributed by atoms with Gasteiger partial charge in [0.1, 0.15) is 5.82 Å². The number of rotatable bonds is 1. The first-order valence-electron chi connectivity index (χ1n) is 6.54. The molecule has 2 atom stereocenters. The van der Waals surface area contributed by atoms with Gasteiger partial charge < -0.3 is 4.90 Å². The molecule has 2 unspecified atom stereocenters. The molecule has 1 N–H and O–H groups in total. The van der Waals surface area contributed by atoms with Gasteiger partial charge in [0.15, 0.2) is 5.65 Å². The summed E-state index contributed by atoms with van der Waals surface area (Å²) in [7, 11) is 0. The second kappa shape index (κ2) is 3.78. The molecule has 7 nitrogen and oxygen atoms in total. The highest BCUT2D eigenvalue weighted by atomic mass is 16.2. The Morgan fingerprint density at radius 3 is 2.65 bits per heavy atom. The third-order valence-corrected chi connectivity index (χ3v) is 4.03. The van der Waals surface area contributed by atoms with Crippen LogP contribution in [0.15, 0.2) is 18.3 Å². The fourth-order valence-corrected chi connectivity index (χ4v) is 3.07. The van der Waals surface area contributed by atoms with Gasteiger partial charge in [-0.1, -0.05) is 0 Å². The van der Waals surface area contributed by atoms with Gasteiger partial charge in [0.2, 0.25) is 11.8 Å². The van der Waals surface area contributed by atoms with E-state index in [0.717, 1.165) is 17.2 Å². The van der Waals surface area contributed by atoms with Gasteiger partial charge in [-0.05, 0) is 6.92 Å². The van der Waals surface area contributed by atoms with Crippen LogP contribution in [0.1, 0.15) is 5.69 Å². The largest absolute Gasteiger partial charge is 0.355 e. The number of imide groups is 1. The highest BCUT2D eigenvalue weighted by Crippen LogP contribution is 2.32. The summed E-state index contributed by atoms with van der Waals surface area (Å²) in [5, 5.41) is 6.66. The van der Waals surface area contributed by atoms with Crippen LogP contribution in [-0.4, -0.2) is 39.5 Å². The van der Waals surface area contributed by atoms with Gasteiger partial charge in [-0.3, -0.25) is 14.9 Å². The van der Waals surface area contributed by atoms with Gasteiger partial charge in [-0.25, -0.2) is 4.98 Å². The van der Waals surface area contributed by atoms with Gasteiger partial charge in [0, 0.05) is 30.9 Å². The first kappa shape index (κ1) is 11.4. The molecule has 2 aromatic heterocycles. The number of aromatic nitrogens is 3. The van der Waals surface area contributed by atoms with E-state index in [1.165, 1.54) is 0 Å². The smallest absolute Gasteiger partial charge is 0.232 e. The van der Waals surface area contributed by atoms with Crippen molar-refractivity contribution in [1.29, 1.82) is 0 Å². The highest BCUT2D eigenvalue weighted by molar-refractivity contribution is 6.06. The second-order valence-corrected chi connectivity index (χ2v) is 5.33. The van der Waals surface area contributed by atoms with E-state index in [-0.39, 0.29) is 23.7 Å². The quantitative estimate of drug-likeness (QED) is 0.723. The van der Waals surface area contributed by atoms with Crippen molar-refractivity contribution in [2.24, 2.45) is 11.8 Å². The van der Waals surface area contributed by atoms with Crippen molar-refractivity contribution < 1.29 is 9.59 Å². The molecule has 4 rings (SSSR count). The van der Waals surface area contributed by atoms with E-state index in [9.17, 15) is 9.59 Å². The van der Waals surface area contributed by atoms with Crippen LogP contribution in [0, 0.1) is 18.8 Å². The van der Waals surface area contributed by atoms with Crippen LogP contribution in [0.3, 0.4) is 0 Å². The van der Waals surface area contributed by atoms with Crippen LogP contribution in [0.2, 0.25) is 0 Å². The molecule has 2 fully saturated rings. The zero-order valence-electron chi connectivity index (χ0n) is 10.9. The average molecular weight is 271 g/mol. The van der Waals surface area contributed by atoms with E-state index in [2.05, 4.69) is 15.4 Å². The van der Waals surface area contributed by atoms with Gasteiger partial charge in [0.25, 0.3) is 0 Å². The fraction of sp³-hybridized carbons (Fsp3) is 0.385. The summed E-state index contributed by atoms with van der Waals surface area (Å²) in [5.41, 5.74) is 1.66. The molecule has 102 valence electrons. The van der Waals surface area contributed by atoms with Crippen LogP contribution in [0.4, 0.5) is 5.82 Å². The lowest BCUT2D eigenvalue weighted by atomic mass is 10.00. The lowest BCUT2D eigenvalue weighted by Crippen LogP contribution is -2.32. The number of nitrogens with one attached hydrogen (secondary N) is 1. The average Bonchev–Trinajstić information content (AvgIpc) is 3.07. The number of hydrogen-bond donors (Lipinski definition) is 1. The predicted molar refractivity (Wildman–Crippen MR) is 70.1 cm³/mol. The SMILES string of the molecule is Cc1cc(N2CC3C(=O)NC(=O)C3C2)n2nccc2n1. The molecular weight excluding hydrogens is 258 g/mol. The van der Waals surface area contributed by atoms with Gasteiger partial charge >= 0.3 is 0 Å². The van der Waals surface area contributed by atoms with Crippen molar-refractivity contribution in [2.75, 3.05) is 18.0 Å². The Bertz CT molecular complexity index is 715. The minimum Gasteiger partial charge on any atom is -0.355 e. The zero-order valence-corrected chi connectivity index (χ0v) is 10.9. The minimum absolute atomic E-state index is 0.162. The van der Waals surface area contributed by atoms with E-state index in [1.54, 1.807) is 10.7 Å². The topological polar surface area (TPSA) is 79.6 Å². The van der Waals surface area contributed by atoms with Gasteiger partial charge in [0.05, 0.1) is 18.0 Å². The lowest BCUT2D eigenvalue weighted by molar-refractivity contribution is -0.126. The number of aryl methyl sites for hydroxylation is 1. The summed E-state index contributed by atoms with van der Waals surface area (Å²) in [6.07, 6.45) is 1.69. The predicted octanol–water partition coefficient (Wildman–Crippen LogP) is -0.253. The van der Waals surface area contributed by atoms with E-state index in [0.29, 0.717) is 13.1 Å². The Hall–Kier alpha value is -2.44. The molecule has 2 aliphatic rings. The molecule has 0 bridgehead atoms. The van der Waals surface area contributed by atoms with Crippen LogP contribution in [0.25, 0.3) is 5.65 Å². The summed E-state index contributed by atoms with van der Waals surface area (Å²) >= 11 is 0. The Morgan fingerprint density at radius 1 is 1.25 bits per heavy atom. The van der Waals surface area contributed by atoms with Crippen LogP contribution in [0.5, 0.6) is 0 Å². The molecule has 2 aromatic rings. The number of carbonyl (C=O) groups excluding carboxylic acids is 2. The van der Waals surface area contributed by atoms with E-state index < -0.39 is 0 Å². The summed E-state index contributed by atoms with van der Waals surface area (Å²) in [5.74, 6) is 0.0608. The third-order valence-electron chi connectivity index (χ3n) is 4.03. The van der Waals surface area contributed by atoms with Crippen molar-refractivity contribution in [2.45, 2.75) is 6.92 Å². The molecule has 4 heterocycles. The number of hydrogen-bond acceptors (Lipinski definition) is 5. The maximum atomic E-state index is 11.7. The maximum Gasteiger partial charge on any atom is 0.232 e. The lowest BCUT2D eigenvalue weighted by Gasteiger charge is -2.20. The number of fused-ring (bicyclic) bond motifs is 2. The number of carbonyl (C=O) groups is 2. The minimum atomic E-state index is -0.249. The summed E-state index contributed by atoms with van der Waals surface area (Å²) in [4.78, 5) is 29.9. The fourth-order valence-electron chi connectivity index (χ4n) is 3.07. The molecule has 2 saturated heterocycles. The van der Waals surface area contributed by atoms with E-state index in [1.807, 2.05) is 24.0 Å². The summed E-state index contributed by atoms with van der Waals surface area (Å²) in [6, 6.07) is 3.77. The van der Waals surface area contributed by atoms with Crippen molar-refractivity contribution in [3.8, 4) is 0 Å². The molecule has 0 aliphatic carbocycles. The highest BCUT2D eigenvalue weighted by Gasteiger charge is 2.48. The molecular formula is C13H13N5O2. The molecule has 0 spiro atoms. The van der Waals surface area contributed by atoms with Crippen molar-refractivity contribution in [1.82, 2.24) is 19.9 Å². The monoisotopic (exact) mass is 271 g/mol. The Balaban J connectivity index is 1.76. The van der Waals surface area contributed by atoms with E-state index >= 15 is 0 Å².